The van der Waals surface area contributed by atoms with Crippen molar-refractivity contribution in [2.45, 2.75) is 136 Å². The van der Waals surface area contributed by atoms with Crippen molar-refractivity contribution in [3.8, 4) is 0 Å². The maximum Gasteiger partial charge on any atom is 0.231 e. The number of alkyl halides is 16. The summed E-state index contributed by atoms with van der Waals surface area (Å²) in [4.78, 5) is 0. The van der Waals surface area contributed by atoms with Crippen molar-refractivity contribution in [1.29, 1.82) is 0 Å². The monoisotopic (exact) mass is 656 g/mol. The standard InChI is InChI=1S/C24F16O4/c25-1-5(29)2(26)6(1,30)18-9(1,33)17(5,10(2,18)34)41-21-13(37)22(42-18)14(21,38)24-15(21,39)23(13,16(22,24)40)43-19-7(31)3(27)8(32)4(7,28)12(19,36)20(8,44-24)11(3,19)35. The molecule has 8 spiro atoms. The number of hydrogen-bond acceptors (Lipinski definition) is 4. The Morgan fingerprint density at radius 2 is 0.295 bits per heavy atom. The SMILES string of the molecule is FC12C3(F)C4(F)C1(F)C15OC67C8(F)C9(OC3(C21F)C45F)C6(F)C12OC34C5(F)C6(F)C%10(F)C5(F)C3(F)C%10(OC8(C91F)C72F)C64F. The predicted molar refractivity (Wildman–Crippen MR) is 87.6 cm³/mol. The van der Waals surface area contributed by atoms with Crippen LogP contribution in [0, 0.1) is 0 Å². The molecule has 0 aromatic carbocycles. The summed E-state index contributed by atoms with van der Waals surface area (Å²) < 4.78 is 280. The summed E-state index contributed by atoms with van der Waals surface area (Å²) in [6.45, 7) is 0. The van der Waals surface area contributed by atoms with Crippen LogP contribution in [-0.2, 0) is 18.9 Å². The Bertz CT molecular complexity index is 1760. The first-order valence-electron chi connectivity index (χ1n) is 13.7. The summed E-state index contributed by atoms with van der Waals surface area (Å²) in [5.41, 5.74) is -108. The highest BCUT2D eigenvalue weighted by Gasteiger charge is 3.59. The summed E-state index contributed by atoms with van der Waals surface area (Å²) in [5.74, 6) is 0. The number of hydrogen-bond donors (Lipinski definition) is 0. The normalized spacial score (nSPS) is 108. The largest absolute Gasteiger partial charge is 0.347 e. The zero-order valence-corrected chi connectivity index (χ0v) is 19.7. The second-order valence-electron chi connectivity index (χ2n) is 16.4. The van der Waals surface area contributed by atoms with Crippen LogP contribution in [0.2, 0.25) is 0 Å². The molecule has 8 bridgehead atoms. The van der Waals surface area contributed by atoms with E-state index < -0.39 is 136 Å². The second kappa shape index (κ2) is 3.21. The lowest BCUT2D eigenvalue weighted by atomic mass is 8.85. The molecule has 0 unspecified atom stereocenters. The molecule has 2 saturated heterocycles. The van der Waals surface area contributed by atoms with Crippen molar-refractivity contribution in [2.24, 2.45) is 0 Å². The van der Waals surface area contributed by atoms with Gasteiger partial charge in [-0.15, -0.1) is 0 Å². The minimum absolute atomic E-state index is 4.34. The van der Waals surface area contributed by atoms with Crippen molar-refractivity contribution in [3.63, 3.8) is 0 Å². The van der Waals surface area contributed by atoms with Gasteiger partial charge in [0.2, 0.25) is 90.7 Å². The van der Waals surface area contributed by atoms with Gasteiger partial charge >= 0.3 is 0 Å². The van der Waals surface area contributed by atoms with Crippen LogP contribution in [0.25, 0.3) is 0 Å². The van der Waals surface area contributed by atoms with Gasteiger partial charge in [0.05, 0.1) is 0 Å². The Morgan fingerprint density at radius 1 is 0.159 bits per heavy atom. The molecular formula is C24F16O4. The summed E-state index contributed by atoms with van der Waals surface area (Å²) in [6.07, 6.45) is 0. The van der Waals surface area contributed by atoms with E-state index in [1.54, 1.807) is 0 Å². The van der Waals surface area contributed by atoms with Gasteiger partial charge in [-0.1, -0.05) is 0 Å². The Labute approximate surface area is 225 Å². The molecule has 18 aliphatic carbocycles. The van der Waals surface area contributed by atoms with Gasteiger partial charge in [-0.3, -0.25) is 0 Å². The molecule has 0 amide bonds. The Morgan fingerprint density at radius 3 is 0.455 bits per heavy atom. The minimum Gasteiger partial charge on any atom is -0.347 e. The quantitative estimate of drug-likeness (QED) is 0.371. The second-order valence-corrected chi connectivity index (χ2v) is 16.4. The molecule has 2 aliphatic heterocycles. The number of ether oxygens (including phenoxy) is 4. The van der Waals surface area contributed by atoms with Crippen molar-refractivity contribution >= 4 is 0 Å². The first-order valence-corrected chi connectivity index (χ1v) is 13.7. The van der Waals surface area contributed by atoms with E-state index in [4.69, 9.17) is 18.9 Å². The third-order valence-electron chi connectivity index (χ3n) is 18.6. The van der Waals surface area contributed by atoms with Crippen molar-refractivity contribution in [2.75, 3.05) is 0 Å². The van der Waals surface area contributed by atoms with E-state index in [9.17, 15) is 0 Å². The Hall–Kier alpha value is -1.28. The molecule has 20 rings (SSSR count). The molecule has 20 heteroatoms. The van der Waals surface area contributed by atoms with E-state index in [0.29, 0.717) is 0 Å². The van der Waals surface area contributed by atoms with Crippen molar-refractivity contribution < 1.29 is 89.2 Å². The highest BCUT2D eigenvalue weighted by atomic mass is 19.2. The first kappa shape index (κ1) is 21.6. The third kappa shape index (κ3) is 0.534. The maximum atomic E-state index is 17.4. The molecule has 0 N–H and O–H groups in total. The van der Waals surface area contributed by atoms with Gasteiger partial charge < -0.3 is 18.9 Å². The van der Waals surface area contributed by atoms with Crippen LogP contribution in [0.1, 0.15) is 0 Å². The summed E-state index contributed by atoms with van der Waals surface area (Å²) >= 11 is 0. The van der Waals surface area contributed by atoms with Crippen molar-refractivity contribution in [3.05, 3.63) is 0 Å². The van der Waals surface area contributed by atoms with Gasteiger partial charge in [-0.05, 0) is 0 Å². The van der Waals surface area contributed by atoms with Crippen LogP contribution in [0.15, 0.2) is 0 Å². The third-order valence-corrected chi connectivity index (χ3v) is 18.6. The summed E-state index contributed by atoms with van der Waals surface area (Å²) in [7, 11) is 0. The molecule has 44 heavy (non-hydrogen) atoms. The lowest BCUT2D eigenvalue weighted by Gasteiger charge is -3.25. The van der Waals surface area contributed by atoms with Gasteiger partial charge in [0.25, 0.3) is 0 Å². The molecule has 0 aromatic heterocycles. The van der Waals surface area contributed by atoms with Crippen LogP contribution in [0.4, 0.5) is 70.2 Å². The summed E-state index contributed by atoms with van der Waals surface area (Å²) in [5, 5.41) is 0. The molecule has 232 valence electrons. The van der Waals surface area contributed by atoms with Gasteiger partial charge in [-0.25, -0.2) is 70.2 Å². The van der Waals surface area contributed by atoms with Gasteiger partial charge in [0.15, 0.2) is 44.8 Å². The van der Waals surface area contributed by atoms with Crippen LogP contribution < -0.4 is 0 Å². The van der Waals surface area contributed by atoms with E-state index in [0.717, 1.165) is 0 Å². The van der Waals surface area contributed by atoms with E-state index in [1.807, 2.05) is 0 Å². The molecule has 20 aliphatic rings. The highest BCUT2D eigenvalue weighted by molar-refractivity contribution is 6.04. The lowest BCUT2D eigenvalue weighted by molar-refractivity contribution is -0.946. The summed E-state index contributed by atoms with van der Waals surface area (Å²) in [6, 6.07) is 0. The average molecular weight is 656 g/mol. The van der Waals surface area contributed by atoms with Crippen LogP contribution in [0.3, 0.4) is 0 Å². The number of halogens is 16. The van der Waals surface area contributed by atoms with Gasteiger partial charge in [0.1, 0.15) is 0 Å². The molecule has 0 aromatic rings. The zero-order valence-electron chi connectivity index (χ0n) is 19.7. The average Bonchev–Trinajstić information content (AvgIpc) is 2.96. The van der Waals surface area contributed by atoms with E-state index in [2.05, 4.69) is 0 Å². The van der Waals surface area contributed by atoms with Crippen molar-refractivity contribution in [1.82, 2.24) is 0 Å². The van der Waals surface area contributed by atoms with E-state index >= 15 is 70.2 Å². The fourth-order valence-electron chi connectivity index (χ4n) is 18.8. The zero-order chi connectivity index (χ0) is 30.8. The van der Waals surface area contributed by atoms with Gasteiger partial charge in [-0.2, -0.15) is 0 Å². The first-order chi connectivity index (χ1) is 19.8. The van der Waals surface area contributed by atoms with Crippen LogP contribution >= 0.6 is 0 Å². The molecule has 4 nitrogen and oxygen atoms in total. The molecule has 0 radical (unpaired) electrons. The molecule has 18 saturated carbocycles. The van der Waals surface area contributed by atoms with Crippen LogP contribution in [0.5, 0.6) is 0 Å². The number of rotatable bonds is 0. The van der Waals surface area contributed by atoms with E-state index in [1.165, 1.54) is 0 Å². The Kier molecular flexibility index (Phi) is 1.57. The van der Waals surface area contributed by atoms with Gasteiger partial charge in [0, 0.05) is 0 Å². The Balaban J connectivity index is 0.990. The van der Waals surface area contributed by atoms with Crippen LogP contribution in [-0.4, -0.2) is 136 Å². The fourth-order valence-corrected chi connectivity index (χ4v) is 18.8. The highest BCUT2D eigenvalue weighted by Crippen LogP contribution is 3.27. The van der Waals surface area contributed by atoms with E-state index in [-0.39, 0.29) is 0 Å². The molecule has 2 heterocycles. The maximum absolute atomic E-state index is 17.4. The molecule has 0 atom stereocenters. The lowest BCUT2D eigenvalue weighted by Crippen LogP contribution is -3.57. The smallest absolute Gasteiger partial charge is 0.231 e. The molecular weight excluding hydrogens is 656 g/mol. The molecule has 20 fully saturated rings. The topological polar surface area (TPSA) is 36.9 Å². The minimum atomic E-state index is -4.68. The predicted octanol–water partition coefficient (Wildman–Crippen LogP) is 1.53. The fraction of sp³-hybridized carbons (Fsp3) is 1.00.